The summed E-state index contributed by atoms with van der Waals surface area (Å²) in [6, 6.07) is 2.04. The van der Waals surface area contributed by atoms with E-state index in [-0.39, 0.29) is 0 Å². The summed E-state index contributed by atoms with van der Waals surface area (Å²) >= 11 is 0. The average Bonchev–Trinajstić information content (AvgIpc) is 2.00. The van der Waals surface area contributed by atoms with Crippen molar-refractivity contribution in [3.05, 3.63) is 22.8 Å². The van der Waals surface area contributed by atoms with E-state index in [1.807, 2.05) is 13.0 Å². The van der Waals surface area contributed by atoms with E-state index in [4.69, 9.17) is 5.26 Å². The third-order valence-corrected chi connectivity index (χ3v) is 2.06. The summed E-state index contributed by atoms with van der Waals surface area (Å²) in [5, 5.41) is 8.37. The van der Waals surface area contributed by atoms with E-state index >= 15 is 0 Å². The number of allylic oxidation sites excluding steroid dienone is 4. The highest BCUT2D eigenvalue weighted by atomic mass is 14.2. The van der Waals surface area contributed by atoms with Crippen molar-refractivity contribution in [2.45, 2.75) is 40.5 Å². The van der Waals surface area contributed by atoms with Gasteiger partial charge in [-0.3, -0.25) is 0 Å². The summed E-state index contributed by atoms with van der Waals surface area (Å²) in [6.45, 7) is 8.40. The van der Waals surface area contributed by atoms with Gasteiger partial charge in [-0.25, -0.2) is 0 Å². The molecule has 1 nitrogen and oxygen atoms in total. The van der Waals surface area contributed by atoms with E-state index in [9.17, 15) is 0 Å². The minimum Gasteiger partial charge on any atom is -0.193 e. The van der Waals surface area contributed by atoms with Crippen LogP contribution in [0.4, 0.5) is 0 Å². The fourth-order valence-corrected chi connectivity index (χ4v) is 0.817. The lowest BCUT2D eigenvalue weighted by atomic mass is 10.0. The van der Waals surface area contributed by atoms with Crippen molar-refractivity contribution in [2.24, 2.45) is 0 Å². The standard InChI is InChI=1S/C11H17N/c1-9(2)11(4)6-5-10(3)7-8-12/h7H,5-6H2,1-4H3. The molecule has 66 valence electrons. The Hall–Kier alpha value is -1.03. The summed E-state index contributed by atoms with van der Waals surface area (Å²) in [7, 11) is 0. The SMILES string of the molecule is CC(=CC#N)CCC(C)=C(C)C. The second-order valence-corrected chi connectivity index (χ2v) is 3.40. The molecular weight excluding hydrogens is 146 g/mol. The largest absolute Gasteiger partial charge is 0.193 e. The minimum atomic E-state index is 1.00. The van der Waals surface area contributed by atoms with Gasteiger partial charge in [-0.15, -0.1) is 0 Å². The van der Waals surface area contributed by atoms with Crippen LogP contribution < -0.4 is 0 Å². The van der Waals surface area contributed by atoms with Crippen molar-refractivity contribution in [3.8, 4) is 6.07 Å². The third kappa shape index (κ3) is 4.73. The van der Waals surface area contributed by atoms with Gasteiger partial charge in [0.05, 0.1) is 6.07 Å². The van der Waals surface area contributed by atoms with E-state index < -0.39 is 0 Å². The maximum atomic E-state index is 8.37. The van der Waals surface area contributed by atoms with Crippen LogP contribution in [0, 0.1) is 11.3 Å². The molecule has 0 unspecified atom stereocenters. The minimum absolute atomic E-state index is 1.00. The topological polar surface area (TPSA) is 23.8 Å². The first-order valence-electron chi connectivity index (χ1n) is 4.26. The van der Waals surface area contributed by atoms with E-state index in [0.29, 0.717) is 0 Å². The van der Waals surface area contributed by atoms with Crippen molar-refractivity contribution in [1.29, 1.82) is 5.26 Å². The predicted octanol–water partition coefficient (Wildman–Crippen LogP) is 3.59. The second-order valence-electron chi connectivity index (χ2n) is 3.40. The van der Waals surface area contributed by atoms with Crippen molar-refractivity contribution in [2.75, 3.05) is 0 Å². The zero-order valence-electron chi connectivity index (χ0n) is 8.44. The lowest BCUT2D eigenvalue weighted by molar-refractivity contribution is 0.908. The van der Waals surface area contributed by atoms with Gasteiger partial charge in [0.1, 0.15) is 0 Å². The molecule has 0 aliphatic carbocycles. The number of rotatable bonds is 3. The van der Waals surface area contributed by atoms with Gasteiger partial charge in [-0.2, -0.15) is 5.26 Å². The molecule has 0 rings (SSSR count). The lowest BCUT2D eigenvalue weighted by Crippen LogP contribution is -1.83. The van der Waals surface area contributed by atoms with Crippen LogP contribution in [0.25, 0.3) is 0 Å². The molecule has 0 amide bonds. The fourth-order valence-electron chi connectivity index (χ4n) is 0.817. The van der Waals surface area contributed by atoms with Crippen LogP contribution in [-0.4, -0.2) is 0 Å². The van der Waals surface area contributed by atoms with Crippen molar-refractivity contribution in [1.82, 2.24) is 0 Å². The van der Waals surface area contributed by atoms with Crippen LogP contribution in [0.3, 0.4) is 0 Å². The summed E-state index contributed by atoms with van der Waals surface area (Å²) in [5.74, 6) is 0. The van der Waals surface area contributed by atoms with Gasteiger partial charge in [0.2, 0.25) is 0 Å². The molecule has 0 aliphatic rings. The maximum Gasteiger partial charge on any atom is 0.0911 e. The Balaban J connectivity index is 3.95. The summed E-state index contributed by atoms with van der Waals surface area (Å²) in [4.78, 5) is 0. The zero-order valence-corrected chi connectivity index (χ0v) is 8.44. The van der Waals surface area contributed by atoms with Crippen molar-refractivity contribution < 1.29 is 0 Å². The highest BCUT2D eigenvalue weighted by Crippen LogP contribution is 2.13. The Morgan fingerprint density at radius 2 is 1.75 bits per heavy atom. The first kappa shape index (κ1) is 11.0. The summed E-state index contributed by atoms with van der Waals surface area (Å²) in [6.07, 6.45) is 3.70. The molecule has 0 N–H and O–H groups in total. The maximum absolute atomic E-state index is 8.37. The molecule has 0 aromatic carbocycles. The molecule has 0 saturated carbocycles. The molecule has 0 saturated heterocycles. The molecule has 0 fully saturated rings. The van der Waals surface area contributed by atoms with Gasteiger partial charge in [0.15, 0.2) is 0 Å². The van der Waals surface area contributed by atoms with Crippen LogP contribution in [-0.2, 0) is 0 Å². The molecule has 0 spiro atoms. The predicted molar refractivity (Wildman–Crippen MR) is 52.7 cm³/mol. The number of nitrogens with zero attached hydrogens (tertiary/aromatic N) is 1. The molecule has 0 aliphatic heterocycles. The normalized spacial score (nSPS) is 10.8. The molecule has 0 heterocycles. The van der Waals surface area contributed by atoms with Crippen molar-refractivity contribution in [3.63, 3.8) is 0 Å². The smallest absolute Gasteiger partial charge is 0.0911 e. The lowest BCUT2D eigenvalue weighted by Gasteiger charge is -2.02. The molecular formula is C11H17N. The quantitative estimate of drug-likeness (QED) is 0.460. The van der Waals surface area contributed by atoms with Crippen LogP contribution >= 0.6 is 0 Å². The van der Waals surface area contributed by atoms with E-state index in [1.54, 1.807) is 6.08 Å². The Bertz CT molecular complexity index is 234. The summed E-state index contributed by atoms with van der Waals surface area (Å²) < 4.78 is 0. The van der Waals surface area contributed by atoms with Crippen LogP contribution in [0.15, 0.2) is 22.8 Å². The van der Waals surface area contributed by atoms with E-state index in [2.05, 4.69) is 20.8 Å². The number of hydrogen-bond acceptors (Lipinski definition) is 1. The van der Waals surface area contributed by atoms with Gasteiger partial charge < -0.3 is 0 Å². The van der Waals surface area contributed by atoms with Gasteiger partial charge >= 0.3 is 0 Å². The Morgan fingerprint density at radius 1 is 1.17 bits per heavy atom. The summed E-state index contributed by atoms with van der Waals surface area (Å²) in [5.41, 5.74) is 3.98. The molecule has 0 bridgehead atoms. The molecule has 0 radical (unpaired) electrons. The molecule has 1 heteroatoms. The number of nitriles is 1. The monoisotopic (exact) mass is 163 g/mol. The van der Waals surface area contributed by atoms with E-state index in [1.165, 1.54) is 11.1 Å². The van der Waals surface area contributed by atoms with E-state index in [0.717, 1.165) is 18.4 Å². The van der Waals surface area contributed by atoms with Crippen LogP contribution in [0.1, 0.15) is 40.5 Å². The van der Waals surface area contributed by atoms with Crippen molar-refractivity contribution >= 4 is 0 Å². The van der Waals surface area contributed by atoms with Crippen LogP contribution in [0.2, 0.25) is 0 Å². The highest BCUT2D eigenvalue weighted by molar-refractivity contribution is 5.14. The first-order chi connectivity index (χ1) is 5.57. The van der Waals surface area contributed by atoms with Gasteiger partial charge in [0.25, 0.3) is 0 Å². The Kier molecular flexibility index (Phi) is 5.12. The highest BCUT2D eigenvalue weighted by Gasteiger charge is 1.94. The average molecular weight is 163 g/mol. The second kappa shape index (κ2) is 5.60. The van der Waals surface area contributed by atoms with Gasteiger partial charge in [0, 0.05) is 6.08 Å². The van der Waals surface area contributed by atoms with Gasteiger partial charge in [-0.05, 0) is 40.5 Å². The van der Waals surface area contributed by atoms with Gasteiger partial charge in [-0.1, -0.05) is 16.7 Å². The van der Waals surface area contributed by atoms with Crippen LogP contribution in [0.5, 0.6) is 0 Å². The Morgan fingerprint density at radius 3 is 2.17 bits per heavy atom. The third-order valence-electron chi connectivity index (χ3n) is 2.06. The first-order valence-corrected chi connectivity index (χ1v) is 4.26. The molecule has 12 heavy (non-hydrogen) atoms. The molecule has 0 atom stereocenters. The zero-order chi connectivity index (χ0) is 9.56. The molecule has 0 aromatic rings. The number of hydrogen-bond donors (Lipinski definition) is 0. The fraction of sp³-hybridized carbons (Fsp3) is 0.545. The Labute approximate surface area is 75.4 Å². The molecule has 0 aromatic heterocycles.